The molecule has 1 rings (SSSR count). The van der Waals surface area contributed by atoms with E-state index in [4.69, 9.17) is 0 Å². The van der Waals surface area contributed by atoms with E-state index in [2.05, 4.69) is 21.3 Å². The van der Waals surface area contributed by atoms with Gasteiger partial charge in [0.1, 0.15) is 0 Å². The quantitative estimate of drug-likeness (QED) is 0.576. The van der Waals surface area contributed by atoms with Gasteiger partial charge in [0.25, 0.3) is 5.91 Å². The van der Waals surface area contributed by atoms with Crippen molar-refractivity contribution in [3.05, 3.63) is 29.8 Å². The minimum absolute atomic E-state index is 0.0589. The zero-order chi connectivity index (χ0) is 15.7. The largest absolute Gasteiger partial charge is 0.352 e. The molecule has 1 aromatic carbocycles. The van der Waals surface area contributed by atoms with Gasteiger partial charge in [-0.15, -0.1) is 0 Å². The van der Waals surface area contributed by atoms with Crippen molar-refractivity contribution < 1.29 is 9.59 Å². The molecule has 0 heterocycles. The second-order valence-corrected chi connectivity index (χ2v) is 5.05. The standard InChI is InChI=1S/C15H24N4O2/c1-11(2)18-15(21)19-13-7-4-6-12(10-13)14(20)17-9-5-8-16-3/h4,6-7,10-11,16H,5,8-9H2,1-3H3,(H,17,20)(H2,18,19,21). The van der Waals surface area contributed by atoms with Gasteiger partial charge in [-0.2, -0.15) is 0 Å². The van der Waals surface area contributed by atoms with Crippen molar-refractivity contribution >= 4 is 17.6 Å². The lowest BCUT2D eigenvalue weighted by Gasteiger charge is -2.11. The number of benzene rings is 1. The Labute approximate surface area is 125 Å². The van der Waals surface area contributed by atoms with Gasteiger partial charge in [0.2, 0.25) is 0 Å². The SMILES string of the molecule is CNCCCNC(=O)c1cccc(NC(=O)NC(C)C)c1. The van der Waals surface area contributed by atoms with Crippen LogP contribution >= 0.6 is 0 Å². The van der Waals surface area contributed by atoms with Crippen LogP contribution in [-0.4, -0.2) is 38.1 Å². The van der Waals surface area contributed by atoms with Crippen molar-refractivity contribution in [1.82, 2.24) is 16.0 Å². The van der Waals surface area contributed by atoms with Crippen LogP contribution in [0.15, 0.2) is 24.3 Å². The lowest BCUT2D eigenvalue weighted by atomic mass is 10.2. The number of amides is 3. The first-order valence-corrected chi connectivity index (χ1v) is 7.13. The first kappa shape index (κ1) is 17.0. The molecular formula is C15H24N4O2. The maximum Gasteiger partial charge on any atom is 0.319 e. The molecule has 0 bridgehead atoms. The Balaban J connectivity index is 2.55. The van der Waals surface area contributed by atoms with E-state index >= 15 is 0 Å². The Morgan fingerprint density at radius 2 is 1.95 bits per heavy atom. The topological polar surface area (TPSA) is 82.3 Å². The fraction of sp³-hybridized carbons (Fsp3) is 0.467. The minimum atomic E-state index is -0.281. The number of anilines is 1. The fourth-order valence-corrected chi connectivity index (χ4v) is 1.74. The summed E-state index contributed by atoms with van der Waals surface area (Å²) in [5.41, 5.74) is 1.12. The molecule has 0 atom stereocenters. The van der Waals surface area contributed by atoms with E-state index < -0.39 is 0 Å². The maximum atomic E-state index is 12.0. The molecule has 6 nitrogen and oxygen atoms in total. The second-order valence-electron chi connectivity index (χ2n) is 5.05. The Bertz CT molecular complexity index is 474. The molecule has 0 aliphatic heterocycles. The van der Waals surface area contributed by atoms with Crippen molar-refractivity contribution in [2.75, 3.05) is 25.5 Å². The number of hydrogen-bond acceptors (Lipinski definition) is 3. The van der Waals surface area contributed by atoms with Gasteiger partial charge in [-0.1, -0.05) is 6.07 Å². The lowest BCUT2D eigenvalue weighted by Crippen LogP contribution is -2.34. The van der Waals surface area contributed by atoms with Crippen molar-refractivity contribution in [2.45, 2.75) is 26.3 Å². The van der Waals surface area contributed by atoms with Crippen LogP contribution in [0.4, 0.5) is 10.5 Å². The molecule has 21 heavy (non-hydrogen) atoms. The van der Waals surface area contributed by atoms with Crippen LogP contribution in [0.5, 0.6) is 0 Å². The highest BCUT2D eigenvalue weighted by Gasteiger charge is 2.07. The molecule has 0 saturated heterocycles. The van der Waals surface area contributed by atoms with Crippen LogP contribution < -0.4 is 21.3 Å². The summed E-state index contributed by atoms with van der Waals surface area (Å²) in [5, 5.41) is 11.3. The Kier molecular flexibility index (Phi) is 7.25. The highest BCUT2D eigenvalue weighted by Crippen LogP contribution is 2.10. The predicted molar refractivity (Wildman–Crippen MR) is 84.6 cm³/mol. The first-order chi connectivity index (χ1) is 10.0. The molecule has 6 heteroatoms. The van der Waals surface area contributed by atoms with E-state index in [0.29, 0.717) is 17.8 Å². The summed E-state index contributed by atoms with van der Waals surface area (Å²) in [7, 11) is 1.87. The number of nitrogens with one attached hydrogen (secondary N) is 4. The normalized spacial score (nSPS) is 10.3. The van der Waals surface area contributed by atoms with E-state index in [0.717, 1.165) is 13.0 Å². The summed E-state index contributed by atoms with van der Waals surface area (Å²) in [4.78, 5) is 23.6. The van der Waals surface area contributed by atoms with E-state index in [1.807, 2.05) is 20.9 Å². The van der Waals surface area contributed by atoms with Gasteiger partial charge in [0.05, 0.1) is 0 Å². The monoisotopic (exact) mass is 292 g/mol. The third kappa shape index (κ3) is 6.76. The number of urea groups is 1. The van der Waals surface area contributed by atoms with E-state index in [9.17, 15) is 9.59 Å². The number of hydrogen-bond donors (Lipinski definition) is 4. The summed E-state index contributed by atoms with van der Waals surface area (Å²) in [6.07, 6.45) is 0.872. The molecule has 0 unspecified atom stereocenters. The third-order valence-electron chi connectivity index (χ3n) is 2.69. The molecular weight excluding hydrogens is 268 g/mol. The van der Waals surface area contributed by atoms with Crippen LogP contribution in [0, 0.1) is 0 Å². The Morgan fingerprint density at radius 3 is 2.62 bits per heavy atom. The summed E-state index contributed by atoms with van der Waals surface area (Å²) in [6, 6.07) is 6.65. The zero-order valence-corrected chi connectivity index (χ0v) is 12.8. The molecule has 3 amide bonds. The highest BCUT2D eigenvalue weighted by molar-refractivity contribution is 5.96. The summed E-state index contributed by atoms with van der Waals surface area (Å²) >= 11 is 0. The first-order valence-electron chi connectivity index (χ1n) is 7.13. The van der Waals surface area contributed by atoms with Gasteiger partial charge in [0.15, 0.2) is 0 Å². The second kappa shape index (κ2) is 8.97. The van der Waals surface area contributed by atoms with Crippen molar-refractivity contribution in [3.63, 3.8) is 0 Å². The van der Waals surface area contributed by atoms with E-state index in [1.54, 1.807) is 24.3 Å². The van der Waals surface area contributed by atoms with E-state index in [-0.39, 0.29) is 18.0 Å². The Morgan fingerprint density at radius 1 is 1.19 bits per heavy atom. The molecule has 0 fully saturated rings. The number of rotatable bonds is 7. The Hall–Kier alpha value is -2.08. The van der Waals surface area contributed by atoms with Gasteiger partial charge < -0.3 is 21.3 Å². The molecule has 0 aliphatic rings. The highest BCUT2D eigenvalue weighted by atomic mass is 16.2. The lowest BCUT2D eigenvalue weighted by molar-refractivity contribution is 0.0953. The van der Waals surface area contributed by atoms with Gasteiger partial charge in [-0.05, 0) is 52.1 Å². The molecule has 116 valence electrons. The van der Waals surface area contributed by atoms with Gasteiger partial charge >= 0.3 is 6.03 Å². The van der Waals surface area contributed by atoms with Crippen molar-refractivity contribution in [2.24, 2.45) is 0 Å². The zero-order valence-electron chi connectivity index (χ0n) is 12.8. The van der Waals surface area contributed by atoms with Gasteiger partial charge in [-0.25, -0.2) is 4.79 Å². The summed E-state index contributed by atoms with van der Waals surface area (Å²) in [6.45, 7) is 5.24. The molecule has 0 aliphatic carbocycles. The third-order valence-corrected chi connectivity index (χ3v) is 2.69. The minimum Gasteiger partial charge on any atom is -0.352 e. The van der Waals surface area contributed by atoms with Crippen LogP contribution in [0.2, 0.25) is 0 Å². The van der Waals surface area contributed by atoms with Crippen molar-refractivity contribution in [1.29, 1.82) is 0 Å². The number of carbonyl (C=O) groups is 2. The number of carbonyl (C=O) groups excluding carboxylic acids is 2. The predicted octanol–water partition coefficient (Wildman–Crippen LogP) is 1.56. The average Bonchev–Trinajstić information content (AvgIpc) is 2.42. The molecule has 1 aromatic rings. The summed E-state index contributed by atoms with van der Waals surface area (Å²) < 4.78 is 0. The molecule has 0 saturated carbocycles. The molecule has 4 N–H and O–H groups in total. The van der Waals surface area contributed by atoms with Crippen LogP contribution in [-0.2, 0) is 0 Å². The molecule has 0 radical (unpaired) electrons. The van der Waals surface area contributed by atoms with Gasteiger partial charge in [0, 0.05) is 23.8 Å². The smallest absolute Gasteiger partial charge is 0.319 e. The van der Waals surface area contributed by atoms with Crippen molar-refractivity contribution in [3.8, 4) is 0 Å². The molecule has 0 spiro atoms. The summed E-state index contributed by atoms with van der Waals surface area (Å²) in [5.74, 6) is -0.140. The van der Waals surface area contributed by atoms with Crippen LogP contribution in [0.3, 0.4) is 0 Å². The fourth-order valence-electron chi connectivity index (χ4n) is 1.74. The maximum absolute atomic E-state index is 12.0. The molecule has 0 aromatic heterocycles. The van der Waals surface area contributed by atoms with Crippen LogP contribution in [0.1, 0.15) is 30.6 Å². The average molecular weight is 292 g/mol. The van der Waals surface area contributed by atoms with Gasteiger partial charge in [-0.3, -0.25) is 4.79 Å². The van der Waals surface area contributed by atoms with Crippen LogP contribution in [0.25, 0.3) is 0 Å². The van der Waals surface area contributed by atoms with E-state index in [1.165, 1.54) is 0 Å².